The zero-order valence-electron chi connectivity index (χ0n) is 41.2. The van der Waals surface area contributed by atoms with Crippen LogP contribution in [0.5, 0.6) is 17.2 Å². The van der Waals surface area contributed by atoms with Crippen LogP contribution in [0.3, 0.4) is 0 Å². The second-order valence-electron chi connectivity index (χ2n) is 20.4. The molecule has 0 spiro atoms. The van der Waals surface area contributed by atoms with Crippen molar-refractivity contribution in [2.24, 2.45) is 17.8 Å². The normalized spacial score (nSPS) is 19.4. The van der Waals surface area contributed by atoms with E-state index in [0.717, 1.165) is 82.0 Å². The minimum Gasteiger partial charge on any atom is -0.487 e. The molecule has 3 aliphatic rings. The fourth-order valence-corrected chi connectivity index (χ4v) is 10.6. The zero-order chi connectivity index (χ0) is 47.7. The van der Waals surface area contributed by atoms with Crippen LogP contribution in [0.1, 0.15) is 176 Å². The highest BCUT2D eigenvalue weighted by molar-refractivity contribution is 5.90. The first-order valence-electron chi connectivity index (χ1n) is 24.7. The zero-order valence-corrected chi connectivity index (χ0v) is 41.2. The summed E-state index contributed by atoms with van der Waals surface area (Å²) in [5, 5.41) is 12.0. The van der Waals surface area contributed by atoms with Gasteiger partial charge in [0.25, 0.3) is 5.56 Å². The Balaban J connectivity index is 0.939. The summed E-state index contributed by atoms with van der Waals surface area (Å²) in [6.07, 6.45) is 13.4. The summed E-state index contributed by atoms with van der Waals surface area (Å²) < 4.78 is 25.4. The Morgan fingerprint density at radius 1 is 0.848 bits per heavy atom. The van der Waals surface area contributed by atoms with Gasteiger partial charge in [0.1, 0.15) is 29.5 Å². The summed E-state index contributed by atoms with van der Waals surface area (Å²) in [6.45, 7) is 21.4. The number of aromatic nitrogens is 2. The van der Waals surface area contributed by atoms with Gasteiger partial charge >= 0.3 is 17.9 Å². The number of aryl methyl sites for hydroxylation is 1. The van der Waals surface area contributed by atoms with E-state index in [0.29, 0.717) is 40.7 Å². The van der Waals surface area contributed by atoms with Gasteiger partial charge in [-0.25, -0.2) is 9.78 Å². The lowest BCUT2D eigenvalue weighted by atomic mass is 9.83. The number of pyridine rings is 2. The van der Waals surface area contributed by atoms with Crippen LogP contribution in [0.25, 0.3) is 22.3 Å². The van der Waals surface area contributed by atoms with Crippen molar-refractivity contribution in [1.29, 1.82) is 0 Å². The number of benzene rings is 2. The molecule has 7 rings (SSSR count). The van der Waals surface area contributed by atoms with Gasteiger partial charge in [0.2, 0.25) is 0 Å². The minimum absolute atomic E-state index is 0.0599. The third-order valence-electron chi connectivity index (χ3n) is 14.9. The summed E-state index contributed by atoms with van der Waals surface area (Å²) in [5.74, 6) is 2.25. The lowest BCUT2D eigenvalue weighted by Crippen LogP contribution is -2.44. The van der Waals surface area contributed by atoms with E-state index in [-0.39, 0.29) is 54.7 Å². The average Bonchev–Trinajstić information content (AvgIpc) is 3.65. The number of carbonyl (C=O) groups is 3. The van der Waals surface area contributed by atoms with Crippen LogP contribution in [0.2, 0.25) is 0 Å². The third kappa shape index (κ3) is 9.97. The second kappa shape index (κ2) is 20.1. The summed E-state index contributed by atoms with van der Waals surface area (Å²) in [5.41, 5.74) is 5.46. The lowest BCUT2D eigenvalue weighted by molar-refractivity contribution is -0.172. The molecule has 3 aliphatic heterocycles. The number of cyclic esters (lactones) is 1. The van der Waals surface area contributed by atoms with Gasteiger partial charge in [0, 0.05) is 22.1 Å². The Morgan fingerprint density at radius 3 is 2.18 bits per heavy atom. The first-order chi connectivity index (χ1) is 31.4. The van der Waals surface area contributed by atoms with E-state index >= 15 is 0 Å². The van der Waals surface area contributed by atoms with Gasteiger partial charge in [-0.3, -0.25) is 14.4 Å². The first-order valence-corrected chi connectivity index (χ1v) is 24.7. The molecule has 0 aliphatic carbocycles. The number of hydrogen-bond donors (Lipinski definition) is 1. The monoisotopic (exact) mass is 905 g/mol. The molecule has 0 fully saturated rings. The van der Waals surface area contributed by atoms with E-state index in [4.69, 9.17) is 23.9 Å². The number of carbonyl (C=O) groups excluding carboxylic acids is 3. The van der Waals surface area contributed by atoms with Crippen molar-refractivity contribution in [3.63, 3.8) is 0 Å². The highest BCUT2D eigenvalue weighted by Crippen LogP contribution is 2.46. The molecule has 11 heteroatoms. The van der Waals surface area contributed by atoms with Gasteiger partial charge in [-0.05, 0) is 130 Å². The van der Waals surface area contributed by atoms with E-state index in [2.05, 4.69) is 34.6 Å². The highest BCUT2D eigenvalue weighted by Gasteiger charge is 2.45. The maximum absolute atomic E-state index is 13.7. The number of fused-ring (bicyclic) bond motifs is 6. The maximum Gasteiger partial charge on any atom is 0.343 e. The smallest absolute Gasteiger partial charge is 0.343 e. The predicted octanol–water partition coefficient (Wildman–Crippen LogP) is 11.4. The van der Waals surface area contributed by atoms with Crippen LogP contribution in [0.15, 0.2) is 29.1 Å². The van der Waals surface area contributed by atoms with Crippen LogP contribution in [0.4, 0.5) is 0 Å². The van der Waals surface area contributed by atoms with Crippen molar-refractivity contribution in [3.8, 4) is 28.6 Å². The van der Waals surface area contributed by atoms with Crippen molar-refractivity contribution in [3.05, 3.63) is 79.1 Å². The number of esters is 3. The van der Waals surface area contributed by atoms with Crippen LogP contribution in [-0.4, -0.2) is 38.2 Å². The molecule has 0 saturated carbocycles. The van der Waals surface area contributed by atoms with Crippen LogP contribution >= 0.6 is 0 Å². The molecule has 5 heterocycles. The molecule has 66 heavy (non-hydrogen) atoms. The summed E-state index contributed by atoms with van der Waals surface area (Å²) in [6, 6.07) is 6.89. The number of hydrogen-bond acceptors (Lipinski definition) is 10. The molecular weight excluding hydrogens is 833 g/mol. The summed E-state index contributed by atoms with van der Waals surface area (Å²) >= 11 is 0. The maximum atomic E-state index is 13.7. The van der Waals surface area contributed by atoms with Crippen LogP contribution in [0, 0.1) is 38.5 Å². The largest absolute Gasteiger partial charge is 0.487 e. The number of ether oxygens (including phenoxy) is 4. The van der Waals surface area contributed by atoms with E-state index in [1.54, 1.807) is 35.8 Å². The number of rotatable bonds is 19. The quantitative estimate of drug-likeness (QED) is 0.0628. The molecule has 0 bridgehead atoms. The van der Waals surface area contributed by atoms with E-state index in [1.165, 1.54) is 44.9 Å². The van der Waals surface area contributed by atoms with Crippen molar-refractivity contribution in [2.45, 2.75) is 190 Å². The Labute approximate surface area is 391 Å². The molecule has 356 valence electrons. The van der Waals surface area contributed by atoms with Gasteiger partial charge in [0.05, 0.1) is 41.9 Å². The molecule has 2 aromatic heterocycles. The molecular formula is C55H72N2O9. The number of aliphatic hydroxyl groups is 1. The molecule has 0 saturated heterocycles. The fraction of sp³-hybridized carbons (Fsp3) is 0.582. The Hall–Kier alpha value is -5.03. The molecule has 11 nitrogen and oxygen atoms in total. The van der Waals surface area contributed by atoms with E-state index in [1.807, 2.05) is 27.7 Å². The molecule has 4 aromatic rings. The second-order valence-corrected chi connectivity index (χ2v) is 20.4. The third-order valence-corrected chi connectivity index (χ3v) is 14.9. The Bertz CT molecular complexity index is 2570. The van der Waals surface area contributed by atoms with Gasteiger partial charge in [-0.2, -0.15) is 0 Å². The van der Waals surface area contributed by atoms with Gasteiger partial charge < -0.3 is 28.6 Å². The van der Waals surface area contributed by atoms with Crippen LogP contribution < -0.4 is 19.8 Å². The van der Waals surface area contributed by atoms with Gasteiger partial charge in [-0.15, -0.1) is 0 Å². The fourth-order valence-electron chi connectivity index (χ4n) is 10.6. The standard InChI is InChI=1S/C55H72N2O9/c1-11-39-41-28-38(21-22-45(41)56-49-42(39)30-57-46(49)29-44-43(52(57)60)31-63-53(61)55(44,62)12-2)64-47(58)23-24-48(59)65-50-35(7)36(8)51-40(37(50)9)25-27-54(10,66-51)26-15-20-34(6)19-14-18-33(5)17-13-16-32(3)4/h21-22,28-29,32-34,62H,11-20,23-27,30-31H2,1-10H3/t33-,34-,54+,55+/m1/s1. The summed E-state index contributed by atoms with van der Waals surface area (Å²) in [7, 11) is 0. The van der Waals surface area contributed by atoms with Gasteiger partial charge in [-0.1, -0.05) is 86.5 Å². The lowest BCUT2D eigenvalue weighted by Gasteiger charge is -2.38. The molecule has 2 aromatic carbocycles. The van der Waals surface area contributed by atoms with Crippen molar-refractivity contribution in [2.75, 3.05) is 0 Å². The first kappa shape index (κ1) is 48.9. The molecule has 0 amide bonds. The van der Waals surface area contributed by atoms with Crippen LogP contribution in [-0.2, 0) is 50.7 Å². The molecule has 0 unspecified atom stereocenters. The highest BCUT2D eigenvalue weighted by atomic mass is 16.6. The summed E-state index contributed by atoms with van der Waals surface area (Å²) in [4.78, 5) is 57.8. The average molecular weight is 905 g/mol. The Morgan fingerprint density at radius 2 is 1.52 bits per heavy atom. The topological polar surface area (TPSA) is 143 Å². The van der Waals surface area contributed by atoms with Crippen molar-refractivity contribution in [1.82, 2.24) is 9.55 Å². The molecule has 1 N–H and O–H groups in total. The predicted molar refractivity (Wildman–Crippen MR) is 257 cm³/mol. The van der Waals surface area contributed by atoms with Gasteiger partial charge in [0.15, 0.2) is 5.60 Å². The van der Waals surface area contributed by atoms with Crippen molar-refractivity contribution < 1.29 is 38.4 Å². The number of nitrogens with zero attached hydrogens (tertiary/aromatic N) is 2. The molecule has 0 radical (unpaired) electrons. The van der Waals surface area contributed by atoms with E-state index < -0.39 is 23.5 Å². The van der Waals surface area contributed by atoms with Crippen molar-refractivity contribution >= 4 is 28.8 Å². The van der Waals surface area contributed by atoms with E-state index in [9.17, 15) is 24.3 Å². The molecule has 4 atom stereocenters. The minimum atomic E-state index is -1.91. The Kier molecular flexibility index (Phi) is 14.9. The SMILES string of the molecule is CCc1c2c(nc3ccc(OC(=O)CCC(=O)Oc4c(C)c(C)c5c(c4C)CC[C@](C)(CCC[C@H](C)CCC[C@H](C)CCCC(C)C)O5)cc13)-c1cc3c(c(=O)n1C2)COC(=O)[C@]3(O)CC.